The fourth-order valence-corrected chi connectivity index (χ4v) is 3.72. The molecule has 31 heavy (non-hydrogen) atoms. The maximum Gasteiger partial charge on any atom is 0.325 e. The van der Waals surface area contributed by atoms with Crippen LogP contribution in [0.25, 0.3) is 0 Å². The molecule has 0 aromatic heterocycles. The largest absolute Gasteiger partial charge is 0.325 e. The number of amides is 4. The van der Waals surface area contributed by atoms with Gasteiger partial charge in [-0.05, 0) is 29.3 Å². The summed E-state index contributed by atoms with van der Waals surface area (Å²) < 4.78 is 13.4. The summed E-state index contributed by atoms with van der Waals surface area (Å²) in [5.41, 5.74) is 0.422. The van der Waals surface area contributed by atoms with E-state index < -0.39 is 35.7 Å². The van der Waals surface area contributed by atoms with E-state index in [1.54, 1.807) is 24.3 Å². The molecule has 3 aromatic carbocycles. The molecule has 1 unspecified atom stereocenters. The zero-order valence-electron chi connectivity index (χ0n) is 16.5. The van der Waals surface area contributed by atoms with Crippen LogP contribution in [0.4, 0.5) is 14.9 Å². The fourth-order valence-electron chi connectivity index (χ4n) is 3.72. The van der Waals surface area contributed by atoms with Crippen LogP contribution in [0.2, 0.25) is 0 Å². The number of hydrogen-bond donors (Lipinski definition) is 2. The second-order valence-electron chi connectivity index (χ2n) is 7.31. The number of nitrogens with one attached hydrogen (secondary N) is 2. The Hall–Kier alpha value is -4.00. The lowest BCUT2D eigenvalue weighted by Crippen LogP contribution is -2.46. The molecule has 4 rings (SSSR count). The van der Waals surface area contributed by atoms with Crippen molar-refractivity contribution >= 4 is 23.5 Å². The molecule has 0 saturated carbocycles. The quantitative estimate of drug-likeness (QED) is 0.603. The molecule has 1 aliphatic rings. The van der Waals surface area contributed by atoms with Crippen LogP contribution in [0.1, 0.15) is 11.1 Å². The first-order valence-electron chi connectivity index (χ1n) is 9.77. The van der Waals surface area contributed by atoms with Crippen molar-refractivity contribution in [3.8, 4) is 0 Å². The third kappa shape index (κ3) is 4.16. The normalized spacial score (nSPS) is 18.0. The van der Waals surface area contributed by atoms with Gasteiger partial charge in [0.05, 0.1) is 0 Å². The van der Waals surface area contributed by atoms with Crippen LogP contribution in [0, 0.1) is 5.82 Å². The Morgan fingerprint density at radius 3 is 2.29 bits per heavy atom. The fraction of sp³-hybridized carbons (Fsp3) is 0.125. The van der Waals surface area contributed by atoms with E-state index in [1.807, 2.05) is 36.4 Å². The molecule has 2 N–H and O–H groups in total. The number of rotatable bonds is 6. The zero-order chi connectivity index (χ0) is 21.8. The molecule has 1 heterocycles. The summed E-state index contributed by atoms with van der Waals surface area (Å²) >= 11 is 0. The van der Waals surface area contributed by atoms with Crippen LogP contribution in [-0.2, 0) is 21.5 Å². The molecule has 0 bridgehead atoms. The van der Waals surface area contributed by atoms with E-state index in [0.29, 0.717) is 5.56 Å². The highest BCUT2D eigenvalue weighted by Gasteiger charge is 2.52. The minimum Gasteiger partial charge on any atom is -0.324 e. The zero-order valence-corrected chi connectivity index (χ0v) is 16.5. The number of benzene rings is 3. The lowest BCUT2D eigenvalue weighted by molar-refractivity contribution is -0.134. The smallest absolute Gasteiger partial charge is 0.324 e. The van der Waals surface area contributed by atoms with Gasteiger partial charge in [-0.1, -0.05) is 66.7 Å². The number of anilines is 1. The third-order valence-electron chi connectivity index (χ3n) is 5.16. The van der Waals surface area contributed by atoms with E-state index in [1.165, 1.54) is 18.2 Å². The second kappa shape index (κ2) is 8.39. The van der Waals surface area contributed by atoms with Crippen LogP contribution in [-0.4, -0.2) is 29.3 Å². The first kappa shape index (κ1) is 20.3. The van der Waals surface area contributed by atoms with Gasteiger partial charge < -0.3 is 10.6 Å². The van der Waals surface area contributed by atoms with Crippen molar-refractivity contribution in [2.75, 3.05) is 11.9 Å². The van der Waals surface area contributed by atoms with E-state index in [-0.39, 0.29) is 12.1 Å². The molecule has 6 nitrogen and oxygen atoms in total. The summed E-state index contributed by atoms with van der Waals surface area (Å²) in [6, 6.07) is 23.1. The topological polar surface area (TPSA) is 78.5 Å². The maximum atomic E-state index is 13.5. The first-order chi connectivity index (χ1) is 15.0. The molecular weight excluding hydrogens is 397 g/mol. The van der Waals surface area contributed by atoms with Crippen molar-refractivity contribution in [1.82, 2.24) is 10.2 Å². The monoisotopic (exact) mass is 417 g/mol. The summed E-state index contributed by atoms with van der Waals surface area (Å²) in [6.45, 7) is -0.482. The summed E-state index contributed by atoms with van der Waals surface area (Å²) in [5, 5.41) is 5.32. The van der Waals surface area contributed by atoms with Crippen LogP contribution in [0.15, 0.2) is 84.9 Å². The van der Waals surface area contributed by atoms with Gasteiger partial charge >= 0.3 is 6.03 Å². The van der Waals surface area contributed by atoms with Gasteiger partial charge in [-0.2, -0.15) is 0 Å². The van der Waals surface area contributed by atoms with E-state index >= 15 is 0 Å². The number of halogens is 1. The highest BCUT2D eigenvalue weighted by Crippen LogP contribution is 2.33. The lowest BCUT2D eigenvalue weighted by Gasteiger charge is -2.27. The van der Waals surface area contributed by atoms with Crippen molar-refractivity contribution in [3.63, 3.8) is 0 Å². The number of hydrogen-bond acceptors (Lipinski definition) is 3. The summed E-state index contributed by atoms with van der Waals surface area (Å²) in [4.78, 5) is 39.6. The Kier molecular flexibility index (Phi) is 5.49. The van der Waals surface area contributed by atoms with Crippen LogP contribution in [0.5, 0.6) is 0 Å². The molecule has 156 valence electrons. The van der Waals surface area contributed by atoms with Crippen molar-refractivity contribution < 1.29 is 18.8 Å². The Morgan fingerprint density at radius 1 is 0.935 bits per heavy atom. The number of imide groups is 1. The number of carbonyl (C=O) groups is 3. The van der Waals surface area contributed by atoms with Crippen LogP contribution in [0.3, 0.4) is 0 Å². The van der Waals surface area contributed by atoms with Crippen molar-refractivity contribution in [1.29, 1.82) is 0 Å². The molecule has 1 fully saturated rings. The second-order valence-corrected chi connectivity index (χ2v) is 7.31. The van der Waals surface area contributed by atoms with Gasteiger partial charge in [0.15, 0.2) is 5.54 Å². The number of urea groups is 1. The standard InChI is InChI=1S/C24H20FN3O3/c25-19-12-7-13-20(14-19)26-21(29)16-28-22(30)24(27-23(28)31,18-10-5-2-6-11-18)15-17-8-3-1-4-9-17/h1-14H,15-16H2,(H,26,29)(H,27,31). The molecule has 0 aliphatic carbocycles. The number of nitrogens with zero attached hydrogens (tertiary/aromatic N) is 1. The van der Waals surface area contributed by atoms with Crippen molar-refractivity contribution in [3.05, 3.63) is 102 Å². The minimum atomic E-state index is -1.32. The first-order valence-corrected chi connectivity index (χ1v) is 9.77. The Bertz CT molecular complexity index is 1120. The van der Waals surface area contributed by atoms with Crippen molar-refractivity contribution in [2.24, 2.45) is 0 Å². The molecular formula is C24H20FN3O3. The molecule has 4 amide bonds. The molecule has 0 radical (unpaired) electrons. The number of carbonyl (C=O) groups excluding carboxylic acids is 3. The molecule has 1 atom stereocenters. The maximum absolute atomic E-state index is 13.5. The minimum absolute atomic E-state index is 0.241. The van der Waals surface area contributed by atoms with E-state index in [9.17, 15) is 18.8 Å². The third-order valence-corrected chi connectivity index (χ3v) is 5.16. The van der Waals surface area contributed by atoms with E-state index in [4.69, 9.17) is 0 Å². The average Bonchev–Trinajstić information content (AvgIpc) is 3.00. The van der Waals surface area contributed by atoms with Gasteiger partial charge in [0.1, 0.15) is 12.4 Å². The SMILES string of the molecule is O=C(CN1C(=O)NC(Cc2ccccc2)(c2ccccc2)C1=O)Nc1cccc(F)c1. The van der Waals surface area contributed by atoms with Gasteiger partial charge in [-0.15, -0.1) is 0 Å². The molecule has 1 aliphatic heterocycles. The molecule has 7 heteroatoms. The van der Waals surface area contributed by atoms with Gasteiger partial charge in [0.2, 0.25) is 5.91 Å². The highest BCUT2D eigenvalue weighted by molar-refractivity contribution is 6.10. The van der Waals surface area contributed by atoms with E-state index in [2.05, 4.69) is 10.6 Å². The van der Waals surface area contributed by atoms with Gasteiger partial charge in [-0.3, -0.25) is 14.5 Å². The Morgan fingerprint density at radius 2 is 1.61 bits per heavy atom. The predicted molar refractivity (Wildman–Crippen MR) is 114 cm³/mol. The highest BCUT2D eigenvalue weighted by atomic mass is 19.1. The summed E-state index contributed by atoms with van der Waals surface area (Å²) in [7, 11) is 0. The van der Waals surface area contributed by atoms with Gasteiger partial charge in [0.25, 0.3) is 5.91 Å². The average molecular weight is 417 g/mol. The summed E-state index contributed by atoms with van der Waals surface area (Å²) in [5.74, 6) is -1.61. The Labute approximate surface area is 178 Å². The molecule has 3 aromatic rings. The van der Waals surface area contributed by atoms with Crippen LogP contribution >= 0.6 is 0 Å². The summed E-state index contributed by atoms with van der Waals surface area (Å²) in [6.07, 6.45) is 0.241. The van der Waals surface area contributed by atoms with Crippen LogP contribution < -0.4 is 10.6 Å². The lowest BCUT2D eigenvalue weighted by atomic mass is 9.83. The molecule has 1 saturated heterocycles. The van der Waals surface area contributed by atoms with Crippen molar-refractivity contribution in [2.45, 2.75) is 12.0 Å². The Balaban J connectivity index is 1.60. The predicted octanol–water partition coefficient (Wildman–Crippen LogP) is 3.45. The van der Waals surface area contributed by atoms with Gasteiger partial charge in [-0.25, -0.2) is 9.18 Å². The van der Waals surface area contributed by atoms with E-state index in [0.717, 1.165) is 16.5 Å². The van der Waals surface area contributed by atoms with Gasteiger partial charge in [0, 0.05) is 12.1 Å². The molecule has 0 spiro atoms.